The van der Waals surface area contributed by atoms with Crippen LogP contribution in [-0.2, 0) is 20.3 Å². The average molecular weight is 289 g/mol. The van der Waals surface area contributed by atoms with Gasteiger partial charge in [0.2, 0.25) is 0 Å². The van der Waals surface area contributed by atoms with E-state index in [2.05, 4.69) is 12.2 Å². The van der Waals surface area contributed by atoms with Crippen LogP contribution in [0.4, 0.5) is 0 Å². The Bertz CT molecular complexity index is 305. The molecule has 112 valence electrons. The molecule has 1 saturated carbocycles. The van der Waals surface area contributed by atoms with E-state index in [-0.39, 0.29) is 5.25 Å². The molecule has 0 bridgehead atoms. The molecule has 1 N–H and O–H groups in total. The third-order valence-corrected chi connectivity index (χ3v) is 6.13. The van der Waals surface area contributed by atoms with Gasteiger partial charge in [-0.15, -0.1) is 0 Å². The maximum absolute atomic E-state index is 12.5. The number of nitrogens with one attached hydrogen (secondary N) is 1. The minimum atomic E-state index is -0.782. The first-order valence-corrected chi connectivity index (χ1v) is 8.91. The Morgan fingerprint density at radius 2 is 2.05 bits per heavy atom. The fourth-order valence-corrected chi connectivity index (χ4v) is 4.99. The maximum Gasteiger partial charge on any atom is 0.169 e. The smallest absolute Gasteiger partial charge is 0.169 e. The third kappa shape index (κ3) is 3.78. The molecule has 19 heavy (non-hydrogen) atoms. The number of hydrogen-bond donors (Lipinski definition) is 1. The van der Waals surface area contributed by atoms with Crippen LogP contribution in [0.1, 0.15) is 45.4 Å². The molecule has 0 aromatic rings. The fourth-order valence-electron chi connectivity index (χ4n) is 3.12. The van der Waals surface area contributed by atoms with E-state index in [1.165, 1.54) is 12.8 Å². The molecular formula is C14H27NO3S. The highest BCUT2D eigenvalue weighted by molar-refractivity contribution is 7.85. The van der Waals surface area contributed by atoms with Crippen LogP contribution in [0, 0.1) is 0 Å². The summed E-state index contributed by atoms with van der Waals surface area (Å²) in [4.78, 5) is 0. The lowest BCUT2D eigenvalue weighted by molar-refractivity contribution is -0.178. The van der Waals surface area contributed by atoms with E-state index >= 15 is 0 Å². The van der Waals surface area contributed by atoms with E-state index in [1.54, 1.807) is 0 Å². The minimum Gasteiger partial charge on any atom is -0.347 e. The SMILES string of the molecule is CCCCCS(=O)C1CC2(CCC1NC)OCCO2. The van der Waals surface area contributed by atoms with Gasteiger partial charge in [0, 0.05) is 35.4 Å². The van der Waals surface area contributed by atoms with Crippen LogP contribution in [0.3, 0.4) is 0 Å². The molecule has 0 amide bonds. The average Bonchev–Trinajstić information content (AvgIpc) is 2.87. The summed E-state index contributed by atoms with van der Waals surface area (Å²) in [5.41, 5.74) is 0. The summed E-state index contributed by atoms with van der Waals surface area (Å²) < 4.78 is 24.1. The molecule has 4 nitrogen and oxygen atoms in total. The second-order valence-corrected chi connectivity index (χ2v) is 7.35. The highest BCUT2D eigenvalue weighted by Gasteiger charge is 2.46. The summed E-state index contributed by atoms with van der Waals surface area (Å²) in [5, 5.41) is 3.49. The van der Waals surface area contributed by atoms with Gasteiger partial charge in [0.1, 0.15) is 0 Å². The van der Waals surface area contributed by atoms with E-state index < -0.39 is 16.6 Å². The standard InChI is InChI=1S/C14H27NO3S/c1-3-4-5-10-19(16)13-11-14(17-8-9-18-14)7-6-12(13)15-2/h12-13,15H,3-11H2,1-2H3. The van der Waals surface area contributed by atoms with Crippen molar-refractivity contribution in [3.63, 3.8) is 0 Å². The van der Waals surface area contributed by atoms with Crippen molar-refractivity contribution in [2.24, 2.45) is 0 Å². The molecule has 1 saturated heterocycles. The monoisotopic (exact) mass is 289 g/mol. The van der Waals surface area contributed by atoms with Gasteiger partial charge in [-0.05, 0) is 19.9 Å². The van der Waals surface area contributed by atoms with Gasteiger partial charge in [-0.1, -0.05) is 19.8 Å². The molecule has 1 spiro atoms. The quantitative estimate of drug-likeness (QED) is 0.758. The van der Waals surface area contributed by atoms with Crippen molar-refractivity contribution in [2.45, 2.75) is 62.5 Å². The molecule has 3 atom stereocenters. The van der Waals surface area contributed by atoms with Gasteiger partial charge in [-0.2, -0.15) is 0 Å². The maximum atomic E-state index is 12.5. The Hall–Kier alpha value is 0.0300. The number of hydrogen-bond acceptors (Lipinski definition) is 4. The highest BCUT2D eigenvalue weighted by Crippen LogP contribution is 2.37. The molecule has 0 aromatic carbocycles. The van der Waals surface area contributed by atoms with Gasteiger partial charge in [0.05, 0.1) is 18.5 Å². The first-order chi connectivity index (χ1) is 9.21. The molecule has 0 aromatic heterocycles. The minimum absolute atomic E-state index is 0.161. The lowest BCUT2D eigenvalue weighted by Crippen LogP contribution is -2.52. The van der Waals surface area contributed by atoms with Gasteiger partial charge in [0.25, 0.3) is 0 Å². The molecule has 2 rings (SSSR count). The van der Waals surface area contributed by atoms with Crippen molar-refractivity contribution < 1.29 is 13.7 Å². The second-order valence-electron chi connectivity index (χ2n) is 5.58. The predicted molar refractivity (Wildman–Crippen MR) is 77.7 cm³/mol. The number of unbranched alkanes of at least 4 members (excludes halogenated alkanes) is 2. The summed E-state index contributed by atoms with van der Waals surface area (Å²) >= 11 is 0. The van der Waals surface area contributed by atoms with Crippen molar-refractivity contribution in [1.82, 2.24) is 5.32 Å². The Kier molecular flexibility index (Phi) is 5.81. The molecule has 1 aliphatic heterocycles. The third-order valence-electron chi connectivity index (χ3n) is 4.27. The lowest BCUT2D eigenvalue weighted by atomic mass is 9.89. The van der Waals surface area contributed by atoms with Crippen LogP contribution in [0.5, 0.6) is 0 Å². The summed E-state index contributed by atoms with van der Waals surface area (Å²) in [6, 6.07) is 0.334. The van der Waals surface area contributed by atoms with Crippen molar-refractivity contribution in [1.29, 1.82) is 0 Å². The molecule has 2 aliphatic rings. The largest absolute Gasteiger partial charge is 0.347 e. The van der Waals surface area contributed by atoms with Crippen LogP contribution in [0.15, 0.2) is 0 Å². The molecule has 3 unspecified atom stereocenters. The molecule has 2 fully saturated rings. The number of rotatable bonds is 6. The molecule has 1 heterocycles. The normalized spacial score (nSPS) is 31.7. The summed E-state index contributed by atoms with van der Waals surface area (Å²) in [6.45, 7) is 3.54. The van der Waals surface area contributed by atoms with Crippen molar-refractivity contribution in [3.8, 4) is 0 Å². The molecule has 1 aliphatic carbocycles. The van der Waals surface area contributed by atoms with Gasteiger partial charge < -0.3 is 14.8 Å². The topological polar surface area (TPSA) is 47.6 Å². The van der Waals surface area contributed by atoms with Crippen LogP contribution in [0.2, 0.25) is 0 Å². The Morgan fingerprint density at radius 1 is 1.32 bits per heavy atom. The fraction of sp³-hybridized carbons (Fsp3) is 1.00. The van der Waals surface area contributed by atoms with Gasteiger partial charge >= 0.3 is 0 Å². The van der Waals surface area contributed by atoms with Gasteiger partial charge in [-0.25, -0.2) is 0 Å². The van der Waals surface area contributed by atoms with Gasteiger partial charge in [0.15, 0.2) is 5.79 Å². The van der Waals surface area contributed by atoms with Crippen LogP contribution in [-0.4, -0.2) is 47.3 Å². The highest BCUT2D eigenvalue weighted by atomic mass is 32.2. The zero-order valence-corrected chi connectivity index (χ0v) is 13.0. The van der Waals surface area contributed by atoms with Crippen molar-refractivity contribution >= 4 is 10.8 Å². The zero-order chi connectivity index (χ0) is 13.7. The Labute approximate surface area is 119 Å². The van der Waals surface area contributed by atoms with E-state index in [4.69, 9.17) is 9.47 Å². The van der Waals surface area contributed by atoms with Gasteiger partial charge in [-0.3, -0.25) is 4.21 Å². The molecular weight excluding hydrogens is 262 g/mol. The second kappa shape index (κ2) is 7.16. The van der Waals surface area contributed by atoms with Crippen molar-refractivity contribution in [3.05, 3.63) is 0 Å². The van der Waals surface area contributed by atoms with E-state index in [9.17, 15) is 4.21 Å². The molecule has 0 radical (unpaired) electrons. The van der Waals surface area contributed by atoms with Crippen molar-refractivity contribution in [2.75, 3.05) is 26.0 Å². The first kappa shape index (κ1) is 15.4. The lowest BCUT2D eigenvalue weighted by Gasteiger charge is -2.40. The Balaban J connectivity index is 1.95. The summed E-state index contributed by atoms with van der Waals surface area (Å²) in [5.74, 6) is 0.380. The first-order valence-electron chi connectivity index (χ1n) is 7.53. The zero-order valence-electron chi connectivity index (χ0n) is 12.2. The van der Waals surface area contributed by atoms with Crippen LogP contribution in [0.25, 0.3) is 0 Å². The van der Waals surface area contributed by atoms with E-state index in [0.29, 0.717) is 19.3 Å². The van der Waals surface area contributed by atoms with E-state index in [0.717, 1.165) is 31.4 Å². The van der Waals surface area contributed by atoms with Crippen LogP contribution >= 0.6 is 0 Å². The summed E-state index contributed by atoms with van der Waals surface area (Å²) in [6.07, 6.45) is 6.08. The Morgan fingerprint density at radius 3 is 2.68 bits per heavy atom. The van der Waals surface area contributed by atoms with Crippen LogP contribution < -0.4 is 5.32 Å². The van der Waals surface area contributed by atoms with E-state index in [1.807, 2.05) is 7.05 Å². The number of ether oxygens (including phenoxy) is 2. The molecule has 5 heteroatoms. The summed E-state index contributed by atoms with van der Waals surface area (Å²) in [7, 11) is 1.19. The predicted octanol–water partition coefficient (Wildman–Crippen LogP) is 1.81.